The number of hydrogen-bond donors (Lipinski definition) is 4. The zero-order valence-electron chi connectivity index (χ0n) is 12.8. The first-order valence-electron chi connectivity index (χ1n) is 6.51. The molecule has 0 aliphatic carbocycles. The molecule has 22 heavy (non-hydrogen) atoms. The van der Waals surface area contributed by atoms with Crippen molar-refractivity contribution in [1.29, 1.82) is 0 Å². The van der Waals surface area contributed by atoms with Crippen LogP contribution >= 0.6 is 0 Å². The summed E-state index contributed by atoms with van der Waals surface area (Å²) in [6.45, 7) is -0.812. The summed E-state index contributed by atoms with van der Waals surface area (Å²) in [5, 5.41) is 17.7. The number of nitrogens with two attached hydrogens (primary N) is 2. The van der Waals surface area contributed by atoms with Crippen molar-refractivity contribution in [2.75, 3.05) is 53.7 Å². The van der Waals surface area contributed by atoms with Crippen molar-refractivity contribution >= 4 is 18.1 Å². The van der Waals surface area contributed by atoms with E-state index in [1.807, 2.05) is 0 Å². The van der Waals surface area contributed by atoms with Crippen molar-refractivity contribution in [2.24, 2.45) is 11.5 Å². The lowest BCUT2D eigenvalue weighted by Crippen LogP contribution is -2.52. The van der Waals surface area contributed by atoms with E-state index in [-0.39, 0.29) is 39.6 Å². The van der Waals surface area contributed by atoms with Gasteiger partial charge in [0.05, 0.1) is 26.6 Å². The lowest BCUT2D eigenvalue weighted by molar-refractivity contribution is 0.110. The van der Waals surface area contributed by atoms with Gasteiger partial charge in [-0.1, -0.05) is 0 Å². The van der Waals surface area contributed by atoms with E-state index in [2.05, 4.69) is 0 Å². The molecule has 0 aliphatic rings. The molecule has 0 aliphatic heterocycles. The molecule has 0 aromatic carbocycles. The summed E-state index contributed by atoms with van der Waals surface area (Å²) >= 11 is 0. The summed E-state index contributed by atoms with van der Waals surface area (Å²) < 4.78 is 0. The van der Waals surface area contributed by atoms with Gasteiger partial charge in [0.15, 0.2) is 0 Å². The zero-order valence-corrected chi connectivity index (χ0v) is 12.8. The number of carbonyl (C=O) groups excluding carboxylic acids is 3. The molecular weight excluding hydrogens is 296 g/mol. The molecule has 0 radical (unpaired) electrons. The van der Waals surface area contributed by atoms with Crippen molar-refractivity contribution in [3.05, 3.63) is 0 Å². The molecule has 11 heteroatoms. The van der Waals surface area contributed by atoms with E-state index in [4.69, 9.17) is 21.7 Å². The monoisotopic (exact) mass is 320 g/mol. The first-order chi connectivity index (χ1) is 10.2. The minimum absolute atomic E-state index is 0.00537. The Morgan fingerprint density at radius 2 is 1.14 bits per heavy atom. The lowest BCUT2D eigenvalue weighted by atomic mass is 10.5. The predicted molar refractivity (Wildman–Crippen MR) is 77.4 cm³/mol. The fourth-order valence-electron chi connectivity index (χ4n) is 1.67. The van der Waals surface area contributed by atoms with Crippen LogP contribution < -0.4 is 11.5 Å². The van der Waals surface area contributed by atoms with Crippen molar-refractivity contribution in [2.45, 2.75) is 0 Å². The Morgan fingerprint density at radius 3 is 1.36 bits per heavy atom. The molecule has 0 bridgehead atoms. The van der Waals surface area contributed by atoms with Crippen molar-refractivity contribution in [3.8, 4) is 0 Å². The van der Waals surface area contributed by atoms with Gasteiger partial charge in [0.2, 0.25) is 0 Å². The molecule has 0 fully saturated rings. The number of carbonyl (C=O) groups is 3. The highest BCUT2D eigenvalue weighted by Gasteiger charge is 2.21. The lowest BCUT2D eigenvalue weighted by Gasteiger charge is -2.32. The Hall–Kier alpha value is -2.27. The third-order valence-corrected chi connectivity index (χ3v) is 2.78. The molecule has 0 unspecified atom stereocenters. The van der Waals surface area contributed by atoms with Crippen LogP contribution in [-0.2, 0) is 0 Å². The zero-order chi connectivity index (χ0) is 17.3. The molecule has 0 aromatic heterocycles. The van der Waals surface area contributed by atoms with E-state index in [1.165, 1.54) is 23.9 Å². The quantitative estimate of drug-likeness (QED) is 0.368. The van der Waals surface area contributed by atoms with Gasteiger partial charge >= 0.3 is 18.1 Å². The predicted octanol–water partition coefficient (Wildman–Crippen LogP) is -2.37. The average Bonchev–Trinajstić information content (AvgIpc) is 2.44. The highest BCUT2D eigenvalue weighted by atomic mass is 16.3. The fourth-order valence-corrected chi connectivity index (χ4v) is 1.67. The Labute approximate surface area is 128 Å². The van der Waals surface area contributed by atoms with Crippen molar-refractivity contribution in [1.82, 2.24) is 19.6 Å². The standard InChI is InChI=1S/C11H24N6O5/c1-14(7-16(3-5-18)9(12)20)11(22)15(2)8-17(4-6-19)10(13)21/h18-19H,3-8H2,1-2H3,(H2,12,20)(H2,13,21). The summed E-state index contributed by atoms with van der Waals surface area (Å²) in [5.41, 5.74) is 10.3. The third-order valence-electron chi connectivity index (χ3n) is 2.78. The summed E-state index contributed by atoms with van der Waals surface area (Å²) in [6, 6.07) is -2.03. The molecule has 0 aromatic rings. The Bertz CT molecular complexity index is 359. The maximum absolute atomic E-state index is 12.1. The molecule has 0 saturated carbocycles. The van der Waals surface area contributed by atoms with E-state index >= 15 is 0 Å². The molecule has 0 rings (SSSR count). The van der Waals surface area contributed by atoms with Crippen LogP contribution in [0.25, 0.3) is 0 Å². The maximum Gasteiger partial charge on any atom is 0.322 e. The Balaban J connectivity index is 4.65. The molecular formula is C11H24N6O5. The number of rotatable bonds is 8. The molecule has 0 atom stereocenters. The van der Waals surface area contributed by atoms with E-state index in [0.717, 1.165) is 9.80 Å². The van der Waals surface area contributed by atoms with E-state index in [1.54, 1.807) is 0 Å². The number of aliphatic hydroxyl groups is 2. The van der Waals surface area contributed by atoms with Gasteiger partial charge in [-0.05, 0) is 0 Å². The van der Waals surface area contributed by atoms with Crippen LogP contribution in [0.5, 0.6) is 0 Å². The van der Waals surface area contributed by atoms with Gasteiger partial charge in [0.1, 0.15) is 0 Å². The van der Waals surface area contributed by atoms with Gasteiger partial charge in [0.25, 0.3) is 0 Å². The molecule has 128 valence electrons. The number of hydrogen-bond acceptors (Lipinski definition) is 5. The highest BCUT2D eigenvalue weighted by Crippen LogP contribution is 2.00. The normalized spacial score (nSPS) is 10.0. The molecule has 0 spiro atoms. The van der Waals surface area contributed by atoms with Crippen LogP contribution in [-0.4, -0.2) is 102 Å². The first kappa shape index (κ1) is 19.7. The number of urea groups is 3. The third kappa shape index (κ3) is 6.45. The fraction of sp³-hybridized carbons (Fsp3) is 0.727. The Kier molecular flexibility index (Phi) is 8.63. The summed E-state index contributed by atoms with van der Waals surface area (Å²) in [5.74, 6) is 0. The maximum atomic E-state index is 12.1. The number of primary amides is 2. The van der Waals surface area contributed by atoms with Crippen LogP contribution in [0.1, 0.15) is 0 Å². The van der Waals surface area contributed by atoms with E-state index in [0.29, 0.717) is 0 Å². The van der Waals surface area contributed by atoms with Gasteiger partial charge in [-0.2, -0.15) is 0 Å². The molecule has 0 heterocycles. The molecule has 11 nitrogen and oxygen atoms in total. The van der Waals surface area contributed by atoms with Gasteiger partial charge in [-0.25, -0.2) is 14.4 Å². The number of aliphatic hydroxyl groups excluding tert-OH is 2. The van der Waals surface area contributed by atoms with E-state index < -0.39 is 18.1 Å². The first-order valence-corrected chi connectivity index (χ1v) is 6.51. The molecule has 0 saturated heterocycles. The van der Waals surface area contributed by atoms with Gasteiger partial charge in [-0.15, -0.1) is 0 Å². The second-order valence-corrected chi connectivity index (χ2v) is 4.61. The second kappa shape index (κ2) is 9.63. The molecule has 6 amide bonds. The number of amides is 6. The van der Waals surface area contributed by atoms with E-state index in [9.17, 15) is 14.4 Å². The Morgan fingerprint density at radius 1 is 0.818 bits per heavy atom. The SMILES string of the molecule is CN(CN(CCO)C(N)=O)C(=O)N(C)CN(CCO)C(N)=O. The summed E-state index contributed by atoms with van der Waals surface area (Å²) in [4.78, 5) is 39.0. The number of nitrogens with zero attached hydrogens (tertiary/aromatic N) is 4. The van der Waals surface area contributed by atoms with Crippen molar-refractivity contribution < 1.29 is 24.6 Å². The minimum atomic E-state index is -0.768. The van der Waals surface area contributed by atoms with Crippen molar-refractivity contribution in [3.63, 3.8) is 0 Å². The summed E-state index contributed by atoms with van der Waals surface area (Å²) in [7, 11) is 2.87. The largest absolute Gasteiger partial charge is 0.395 e. The highest BCUT2D eigenvalue weighted by molar-refractivity contribution is 5.77. The van der Waals surface area contributed by atoms with Crippen LogP contribution in [0.4, 0.5) is 14.4 Å². The summed E-state index contributed by atoms with van der Waals surface area (Å²) in [6.07, 6.45) is 0. The van der Waals surface area contributed by atoms with Gasteiger partial charge < -0.3 is 41.3 Å². The van der Waals surface area contributed by atoms with Crippen LogP contribution in [0.15, 0.2) is 0 Å². The van der Waals surface area contributed by atoms with Crippen LogP contribution in [0.2, 0.25) is 0 Å². The van der Waals surface area contributed by atoms with Crippen LogP contribution in [0.3, 0.4) is 0 Å². The van der Waals surface area contributed by atoms with Crippen LogP contribution in [0, 0.1) is 0 Å². The minimum Gasteiger partial charge on any atom is -0.395 e. The van der Waals surface area contributed by atoms with Gasteiger partial charge in [-0.3, -0.25) is 0 Å². The molecule has 6 N–H and O–H groups in total. The second-order valence-electron chi connectivity index (χ2n) is 4.61. The van der Waals surface area contributed by atoms with Gasteiger partial charge in [0, 0.05) is 27.2 Å². The topological polar surface area (TPSA) is 157 Å². The average molecular weight is 320 g/mol. The smallest absolute Gasteiger partial charge is 0.322 e.